The van der Waals surface area contributed by atoms with Crippen molar-refractivity contribution in [2.24, 2.45) is 5.11 Å². The Kier molecular flexibility index (Phi) is 2.35. The summed E-state index contributed by atoms with van der Waals surface area (Å²) in [5.74, 6) is 0. The van der Waals surface area contributed by atoms with Gasteiger partial charge in [0.2, 0.25) is 0 Å². The van der Waals surface area contributed by atoms with Crippen molar-refractivity contribution in [3.05, 3.63) is 22.1 Å². The van der Waals surface area contributed by atoms with Crippen LogP contribution < -0.4 is 0 Å². The van der Waals surface area contributed by atoms with Crippen LogP contribution in [0.3, 0.4) is 0 Å². The maximum atomic E-state index is 8.12. The monoisotopic (exact) mass is 137 g/mol. The lowest BCUT2D eigenvalue weighted by Crippen LogP contribution is -2.06. The van der Waals surface area contributed by atoms with E-state index in [2.05, 4.69) is 23.0 Å². The molecule has 0 aromatic carbocycles. The fourth-order valence-electron chi connectivity index (χ4n) is 1.13. The van der Waals surface area contributed by atoms with Crippen LogP contribution >= 0.6 is 0 Å². The molecule has 0 spiro atoms. The molecule has 10 heavy (non-hydrogen) atoms. The highest BCUT2D eigenvalue weighted by Gasteiger charge is 2.09. The quantitative estimate of drug-likeness (QED) is 0.231. The summed E-state index contributed by atoms with van der Waals surface area (Å²) in [6, 6.07) is 0.216. The van der Waals surface area contributed by atoms with Gasteiger partial charge in [-0.1, -0.05) is 16.8 Å². The molecule has 1 aliphatic carbocycles. The maximum absolute atomic E-state index is 8.12. The molecule has 1 atom stereocenters. The molecule has 1 rings (SSSR count). The van der Waals surface area contributed by atoms with Gasteiger partial charge in [-0.05, 0) is 31.7 Å². The van der Waals surface area contributed by atoms with Crippen LogP contribution in [-0.4, -0.2) is 6.04 Å². The van der Waals surface area contributed by atoms with Crippen LogP contribution in [0.15, 0.2) is 16.8 Å². The van der Waals surface area contributed by atoms with E-state index in [1.807, 2.05) is 0 Å². The lowest BCUT2D eigenvalue weighted by Gasteiger charge is -2.14. The minimum atomic E-state index is 0.216. The third kappa shape index (κ3) is 1.78. The smallest absolute Gasteiger partial charge is 0.0411 e. The van der Waals surface area contributed by atoms with Gasteiger partial charge >= 0.3 is 0 Å². The Morgan fingerprint density at radius 2 is 2.60 bits per heavy atom. The van der Waals surface area contributed by atoms with Crippen molar-refractivity contribution in [2.45, 2.75) is 32.2 Å². The molecule has 0 aromatic rings. The second-order valence-corrected chi connectivity index (χ2v) is 2.68. The third-order valence-corrected chi connectivity index (χ3v) is 1.83. The van der Waals surface area contributed by atoms with E-state index in [9.17, 15) is 0 Å². The Bertz CT molecular complexity index is 189. The first-order chi connectivity index (χ1) is 4.83. The molecule has 0 saturated heterocycles. The molecule has 0 heterocycles. The third-order valence-electron chi connectivity index (χ3n) is 1.83. The zero-order valence-corrected chi connectivity index (χ0v) is 6.12. The molecule has 3 nitrogen and oxygen atoms in total. The van der Waals surface area contributed by atoms with Crippen LogP contribution in [0.4, 0.5) is 0 Å². The molecule has 0 aliphatic heterocycles. The first-order valence-electron chi connectivity index (χ1n) is 3.53. The van der Waals surface area contributed by atoms with Gasteiger partial charge in [0.05, 0.1) is 0 Å². The average Bonchev–Trinajstić information content (AvgIpc) is 1.95. The van der Waals surface area contributed by atoms with Crippen molar-refractivity contribution in [3.8, 4) is 0 Å². The van der Waals surface area contributed by atoms with Gasteiger partial charge in [-0.25, -0.2) is 0 Å². The fourth-order valence-corrected chi connectivity index (χ4v) is 1.13. The molecule has 3 heteroatoms. The summed E-state index contributed by atoms with van der Waals surface area (Å²) < 4.78 is 0. The normalized spacial score (nSPS) is 24.9. The highest BCUT2D eigenvalue weighted by atomic mass is 15.1. The van der Waals surface area contributed by atoms with E-state index in [1.54, 1.807) is 0 Å². The first-order valence-corrected chi connectivity index (χ1v) is 3.53. The highest BCUT2D eigenvalue weighted by Crippen LogP contribution is 2.19. The van der Waals surface area contributed by atoms with E-state index >= 15 is 0 Å². The Labute approximate surface area is 60.4 Å². The van der Waals surface area contributed by atoms with Crippen LogP contribution in [0.1, 0.15) is 26.2 Å². The summed E-state index contributed by atoms with van der Waals surface area (Å²) in [6.45, 7) is 2.12. The summed E-state index contributed by atoms with van der Waals surface area (Å²) in [7, 11) is 0. The first kappa shape index (κ1) is 7.16. The van der Waals surface area contributed by atoms with Crippen molar-refractivity contribution in [3.63, 3.8) is 0 Å². The van der Waals surface area contributed by atoms with Gasteiger partial charge in [0.15, 0.2) is 0 Å². The summed E-state index contributed by atoms with van der Waals surface area (Å²) in [5.41, 5.74) is 9.54. The van der Waals surface area contributed by atoms with Crippen LogP contribution in [0, 0.1) is 0 Å². The predicted molar refractivity (Wildman–Crippen MR) is 40.5 cm³/mol. The molecule has 54 valence electrons. The topological polar surface area (TPSA) is 48.8 Å². The molecule has 0 saturated carbocycles. The van der Waals surface area contributed by atoms with E-state index in [0.29, 0.717) is 0 Å². The number of hydrogen-bond donors (Lipinski definition) is 0. The van der Waals surface area contributed by atoms with Gasteiger partial charge in [0.25, 0.3) is 0 Å². The number of hydrogen-bond acceptors (Lipinski definition) is 1. The Morgan fingerprint density at radius 3 is 3.10 bits per heavy atom. The maximum Gasteiger partial charge on any atom is 0.0411 e. The summed E-state index contributed by atoms with van der Waals surface area (Å²) in [5, 5.41) is 3.65. The van der Waals surface area contributed by atoms with Gasteiger partial charge < -0.3 is 0 Å². The van der Waals surface area contributed by atoms with Crippen LogP contribution in [0.25, 0.3) is 10.4 Å². The van der Waals surface area contributed by atoms with Crippen LogP contribution in [0.5, 0.6) is 0 Å². The lowest BCUT2D eigenvalue weighted by atomic mass is 9.97. The second-order valence-electron chi connectivity index (χ2n) is 2.68. The molecule has 0 bridgehead atoms. The number of allylic oxidation sites excluding steroid dienone is 1. The zero-order valence-electron chi connectivity index (χ0n) is 6.12. The Morgan fingerprint density at radius 1 is 1.80 bits per heavy atom. The van der Waals surface area contributed by atoms with Crippen LogP contribution in [0.2, 0.25) is 0 Å². The summed E-state index contributed by atoms with van der Waals surface area (Å²) in [6.07, 6.45) is 5.19. The standard InChI is InChI=1S/C7H11N3/c1-6-2-4-7(5-3-6)9-10-8/h2,7H,3-5H2,1H3/t7-/m1/s1. The molecule has 0 N–H and O–H groups in total. The Balaban J connectivity index is 2.49. The number of azide groups is 1. The summed E-state index contributed by atoms with van der Waals surface area (Å²) >= 11 is 0. The molecule has 0 amide bonds. The number of nitrogens with zero attached hydrogens (tertiary/aromatic N) is 3. The molecule has 0 radical (unpaired) electrons. The number of rotatable bonds is 1. The largest absolute Gasteiger partial charge is 0.0903 e. The Hall–Kier alpha value is -0.950. The molecule has 0 unspecified atom stereocenters. The molecule has 0 fully saturated rings. The van der Waals surface area contributed by atoms with Gasteiger partial charge in [0, 0.05) is 11.0 Å². The summed E-state index contributed by atoms with van der Waals surface area (Å²) in [4.78, 5) is 2.78. The van der Waals surface area contributed by atoms with Crippen molar-refractivity contribution >= 4 is 0 Å². The lowest BCUT2D eigenvalue weighted by molar-refractivity contribution is 0.587. The fraction of sp³-hybridized carbons (Fsp3) is 0.714. The van der Waals surface area contributed by atoms with E-state index in [0.717, 1.165) is 19.3 Å². The van der Waals surface area contributed by atoms with Gasteiger partial charge in [-0.2, -0.15) is 0 Å². The van der Waals surface area contributed by atoms with Gasteiger partial charge in [-0.3, -0.25) is 0 Å². The minimum Gasteiger partial charge on any atom is -0.0903 e. The van der Waals surface area contributed by atoms with Gasteiger partial charge in [0.1, 0.15) is 0 Å². The van der Waals surface area contributed by atoms with Crippen molar-refractivity contribution in [1.82, 2.24) is 0 Å². The predicted octanol–water partition coefficient (Wildman–Crippen LogP) is 2.80. The van der Waals surface area contributed by atoms with E-state index in [-0.39, 0.29) is 6.04 Å². The van der Waals surface area contributed by atoms with Crippen LogP contribution in [-0.2, 0) is 0 Å². The SMILES string of the molecule is CC1=CC[C@@H](N=[N+]=[N-])CC1. The van der Waals surface area contributed by atoms with Crippen molar-refractivity contribution in [1.29, 1.82) is 0 Å². The van der Waals surface area contributed by atoms with E-state index in [4.69, 9.17) is 5.53 Å². The molecule has 1 aliphatic rings. The van der Waals surface area contributed by atoms with Crippen molar-refractivity contribution < 1.29 is 0 Å². The molecule has 0 aromatic heterocycles. The minimum absolute atomic E-state index is 0.216. The van der Waals surface area contributed by atoms with Gasteiger partial charge in [-0.15, -0.1) is 0 Å². The zero-order chi connectivity index (χ0) is 7.40. The molecular weight excluding hydrogens is 126 g/mol. The van der Waals surface area contributed by atoms with E-state index < -0.39 is 0 Å². The second kappa shape index (κ2) is 3.28. The average molecular weight is 137 g/mol. The molecular formula is C7H11N3. The van der Waals surface area contributed by atoms with E-state index in [1.165, 1.54) is 5.57 Å². The highest BCUT2D eigenvalue weighted by molar-refractivity contribution is 5.04. The van der Waals surface area contributed by atoms with Crippen molar-refractivity contribution in [2.75, 3.05) is 0 Å².